The molecule has 0 aromatic carbocycles. The van der Waals surface area contributed by atoms with E-state index in [2.05, 4.69) is 12.6 Å². The minimum absolute atomic E-state index is 0.0651. The van der Waals surface area contributed by atoms with Gasteiger partial charge in [-0.3, -0.25) is 9.69 Å². The van der Waals surface area contributed by atoms with Gasteiger partial charge in [0.2, 0.25) is 5.91 Å². The predicted molar refractivity (Wildman–Crippen MR) is 63.4 cm³/mol. The summed E-state index contributed by atoms with van der Waals surface area (Å²) in [5.41, 5.74) is 0. The van der Waals surface area contributed by atoms with E-state index < -0.39 is 23.2 Å². The molecule has 1 aliphatic rings. The van der Waals surface area contributed by atoms with Gasteiger partial charge in [-0.25, -0.2) is 4.79 Å². The summed E-state index contributed by atoms with van der Waals surface area (Å²) in [5, 5.41) is 10.2. The summed E-state index contributed by atoms with van der Waals surface area (Å²) in [4.78, 5) is 23.9. The molecule has 0 spiro atoms. The first-order chi connectivity index (χ1) is 7.47. The van der Waals surface area contributed by atoms with Crippen molar-refractivity contribution in [3.8, 4) is 0 Å². The van der Waals surface area contributed by atoms with Gasteiger partial charge in [0, 0.05) is 11.7 Å². The Balaban J connectivity index is 2.87. The Morgan fingerprint density at radius 1 is 1.75 bits per heavy atom. The van der Waals surface area contributed by atoms with Crippen molar-refractivity contribution in [2.75, 3.05) is 11.6 Å². The maximum absolute atomic E-state index is 11.8. The number of carbonyl (C=O) groups is 2. The maximum atomic E-state index is 11.8. The molecule has 0 aliphatic carbocycles. The van der Waals surface area contributed by atoms with E-state index in [1.54, 1.807) is 6.92 Å². The SMILES string of the molecule is CC(CS)C(=O)N1C[S+]([O-])C=CC1C(=O)O. The van der Waals surface area contributed by atoms with E-state index in [0.717, 1.165) is 4.90 Å². The van der Waals surface area contributed by atoms with Crippen LogP contribution in [0.5, 0.6) is 0 Å². The summed E-state index contributed by atoms with van der Waals surface area (Å²) in [6, 6.07) is -1.02. The van der Waals surface area contributed by atoms with Gasteiger partial charge in [0.15, 0.2) is 11.9 Å². The molecule has 1 amide bonds. The van der Waals surface area contributed by atoms with Gasteiger partial charge in [-0.05, 0) is 17.3 Å². The van der Waals surface area contributed by atoms with Crippen LogP contribution in [0, 0.1) is 5.92 Å². The van der Waals surface area contributed by atoms with Gasteiger partial charge in [-0.1, -0.05) is 6.92 Å². The molecule has 0 aromatic heterocycles. The predicted octanol–water partition coefficient (Wildman–Crippen LogP) is 0.0676. The van der Waals surface area contributed by atoms with Crippen molar-refractivity contribution in [1.82, 2.24) is 4.90 Å². The molecule has 5 nitrogen and oxygen atoms in total. The maximum Gasteiger partial charge on any atom is 0.330 e. The molecule has 0 saturated heterocycles. The molecular formula is C9H13NO4S2. The summed E-state index contributed by atoms with van der Waals surface area (Å²) < 4.78 is 11.3. The lowest BCUT2D eigenvalue weighted by atomic mass is 10.1. The lowest BCUT2D eigenvalue weighted by Gasteiger charge is -2.31. The third-order valence-corrected chi connectivity index (χ3v) is 3.79. The highest BCUT2D eigenvalue weighted by Gasteiger charge is 2.35. The first-order valence-electron chi connectivity index (χ1n) is 4.67. The molecule has 1 N–H and O–H groups in total. The third-order valence-electron chi connectivity index (χ3n) is 2.25. The monoisotopic (exact) mass is 263 g/mol. The standard InChI is InChI=1S/C9H13NO4S2/c1-6(4-15)8(11)10-5-16(14)3-2-7(10)9(12)13/h2-3,6-7,15H,4-5H2,1H3,(H,12,13). The number of carboxylic acid groups (broad SMARTS) is 1. The van der Waals surface area contributed by atoms with Crippen molar-refractivity contribution in [2.24, 2.45) is 5.92 Å². The smallest absolute Gasteiger partial charge is 0.330 e. The van der Waals surface area contributed by atoms with E-state index in [9.17, 15) is 14.1 Å². The first kappa shape index (κ1) is 13.4. The molecule has 3 atom stereocenters. The Kier molecular flexibility index (Phi) is 4.69. The van der Waals surface area contributed by atoms with Crippen molar-refractivity contribution >= 4 is 35.7 Å². The second-order valence-electron chi connectivity index (χ2n) is 3.51. The zero-order valence-electron chi connectivity index (χ0n) is 8.70. The number of nitrogens with zero attached hydrogens (tertiary/aromatic N) is 1. The lowest BCUT2D eigenvalue weighted by Crippen LogP contribution is -2.50. The Morgan fingerprint density at radius 3 is 2.88 bits per heavy atom. The summed E-state index contributed by atoms with van der Waals surface area (Å²) in [7, 11) is 0. The number of amides is 1. The fourth-order valence-corrected chi connectivity index (χ4v) is 2.43. The zero-order valence-corrected chi connectivity index (χ0v) is 10.4. The number of hydrogen-bond donors (Lipinski definition) is 2. The van der Waals surface area contributed by atoms with Crippen LogP contribution in [0.3, 0.4) is 0 Å². The van der Waals surface area contributed by atoms with Crippen molar-refractivity contribution in [3.63, 3.8) is 0 Å². The van der Waals surface area contributed by atoms with Crippen LogP contribution in [-0.2, 0) is 20.8 Å². The van der Waals surface area contributed by atoms with Crippen molar-refractivity contribution < 1.29 is 19.2 Å². The normalized spacial score (nSPS) is 26.6. The van der Waals surface area contributed by atoms with E-state index in [1.807, 2.05) is 0 Å². The Morgan fingerprint density at radius 2 is 2.38 bits per heavy atom. The molecular weight excluding hydrogens is 250 g/mol. The fraction of sp³-hybridized carbons (Fsp3) is 0.556. The quantitative estimate of drug-likeness (QED) is 0.557. The fourth-order valence-electron chi connectivity index (χ4n) is 1.30. The molecule has 0 fully saturated rings. The highest BCUT2D eigenvalue weighted by Crippen LogP contribution is 2.17. The molecule has 0 bridgehead atoms. The van der Waals surface area contributed by atoms with Crippen LogP contribution < -0.4 is 0 Å². The van der Waals surface area contributed by atoms with Crippen LogP contribution in [-0.4, -0.2) is 44.1 Å². The summed E-state index contributed by atoms with van der Waals surface area (Å²) >= 11 is 2.68. The van der Waals surface area contributed by atoms with Crippen molar-refractivity contribution in [3.05, 3.63) is 11.5 Å². The summed E-state index contributed by atoms with van der Waals surface area (Å²) in [6.45, 7) is 1.66. The highest BCUT2D eigenvalue weighted by atomic mass is 32.2. The van der Waals surface area contributed by atoms with E-state index in [-0.39, 0.29) is 17.7 Å². The number of hydrogen-bond acceptors (Lipinski definition) is 4. The van der Waals surface area contributed by atoms with Gasteiger partial charge in [0.25, 0.3) is 0 Å². The topological polar surface area (TPSA) is 80.7 Å². The second kappa shape index (κ2) is 5.60. The van der Waals surface area contributed by atoms with Gasteiger partial charge >= 0.3 is 5.97 Å². The molecule has 90 valence electrons. The first-order valence-corrected chi connectivity index (χ1v) is 6.68. The van der Waals surface area contributed by atoms with E-state index in [4.69, 9.17) is 5.11 Å². The van der Waals surface area contributed by atoms with Crippen LogP contribution in [0.25, 0.3) is 0 Å². The summed E-state index contributed by atoms with van der Waals surface area (Å²) in [6.07, 6.45) is 1.28. The molecule has 3 unspecified atom stereocenters. The third kappa shape index (κ3) is 2.93. The zero-order chi connectivity index (χ0) is 12.3. The van der Waals surface area contributed by atoms with Gasteiger partial charge in [0.1, 0.15) is 5.41 Å². The average Bonchev–Trinajstić information content (AvgIpc) is 2.26. The minimum Gasteiger partial charge on any atom is -0.610 e. The van der Waals surface area contributed by atoms with Crippen LogP contribution in [0.15, 0.2) is 11.5 Å². The molecule has 16 heavy (non-hydrogen) atoms. The largest absolute Gasteiger partial charge is 0.610 e. The number of carbonyl (C=O) groups excluding carboxylic acids is 1. The van der Waals surface area contributed by atoms with Crippen LogP contribution >= 0.6 is 12.6 Å². The van der Waals surface area contributed by atoms with E-state index >= 15 is 0 Å². The van der Waals surface area contributed by atoms with Gasteiger partial charge in [-0.2, -0.15) is 12.6 Å². The molecule has 1 aliphatic heterocycles. The average molecular weight is 263 g/mol. The van der Waals surface area contributed by atoms with E-state index in [1.165, 1.54) is 11.5 Å². The number of thiol groups is 1. The van der Waals surface area contributed by atoms with Crippen LogP contribution in [0.1, 0.15) is 6.92 Å². The van der Waals surface area contributed by atoms with Gasteiger partial charge in [-0.15, -0.1) is 0 Å². The molecule has 7 heteroatoms. The molecule has 1 heterocycles. The Bertz CT molecular complexity index is 321. The van der Waals surface area contributed by atoms with Crippen molar-refractivity contribution in [1.29, 1.82) is 0 Å². The van der Waals surface area contributed by atoms with Gasteiger partial charge < -0.3 is 9.66 Å². The minimum atomic E-state index is -1.31. The number of rotatable bonds is 3. The molecule has 0 saturated carbocycles. The molecule has 0 aromatic rings. The molecule has 1 rings (SSSR count). The lowest BCUT2D eigenvalue weighted by molar-refractivity contribution is -0.148. The second-order valence-corrected chi connectivity index (χ2v) is 5.17. The number of carboxylic acids is 1. The van der Waals surface area contributed by atoms with Crippen LogP contribution in [0.2, 0.25) is 0 Å². The highest BCUT2D eigenvalue weighted by molar-refractivity contribution is 7.94. The Hall–Kier alpha value is -0.660. The number of aliphatic carboxylic acids is 1. The molecule has 0 radical (unpaired) electrons. The summed E-state index contributed by atoms with van der Waals surface area (Å²) in [5.74, 6) is -1.57. The Labute approximate surface area is 102 Å². The van der Waals surface area contributed by atoms with Gasteiger partial charge in [0.05, 0.1) is 0 Å². The van der Waals surface area contributed by atoms with E-state index in [0.29, 0.717) is 5.75 Å². The van der Waals surface area contributed by atoms with Crippen molar-refractivity contribution in [2.45, 2.75) is 13.0 Å². The van der Waals surface area contributed by atoms with Crippen LogP contribution in [0.4, 0.5) is 0 Å².